The van der Waals surface area contributed by atoms with E-state index in [0.717, 1.165) is 10.0 Å². The van der Waals surface area contributed by atoms with Crippen LogP contribution in [-0.2, 0) is 16.0 Å². The molecule has 158 valence electrons. The minimum Gasteiger partial charge on any atom is -0.481 e. The molecule has 30 heavy (non-hydrogen) atoms. The molecule has 1 aliphatic heterocycles. The monoisotopic (exact) mass is 489 g/mol. The lowest BCUT2D eigenvalue weighted by molar-refractivity contribution is -0.144. The number of halogens is 1. The summed E-state index contributed by atoms with van der Waals surface area (Å²) >= 11 is 8.00. The third kappa shape index (κ3) is 5.52. The highest BCUT2D eigenvalue weighted by molar-refractivity contribution is 9.10. The quantitative estimate of drug-likeness (QED) is 0.569. The summed E-state index contributed by atoms with van der Waals surface area (Å²) in [5.41, 5.74) is 1.49. The van der Waals surface area contributed by atoms with Crippen molar-refractivity contribution in [3.05, 3.63) is 70.2 Å². The minimum absolute atomic E-state index is 0.0583. The first kappa shape index (κ1) is 22.6. The van der Waals surface area contributed by atoms with E-state index in [1.165, 1.54) is 0 Å². The zero-order valence-electron chi connectivity index (χ0n) is 16.5. The number of carboxylic acids is 1. The van der Waals surface area contributed by atoms with Gasteiger partial charge in [0.15, 0.2) is 0 Å². The molecule has 5 nitrogen and oxygen atoms in total. The van der Waals surface area contributed by atoms with Crippen LogP contribution in [0.25, 0.3) is 0 Å². The molecule has 1 N–H and O–H groups in total. The topological polar surface area (TPSA) is 74.7 Å². The first-order valence-electron chi connectivity index (χ1n) is 9.86. The molecule has 2 aromatic carbocycles. The van der Waals surface area contributed by atoms with Gasteiger partial charge in [0.1, 0.15) is 5.78 Å². The third-order valence-electron chi connectivity index (χ3n) is 5.59. The lowest BCUT2D eigenvalue weighted by Gasteiger charge is -2.38. The van der Waals surface area contributed by atoms with Gasteiger partial charge in [0.25, 0.3) is 5.91 Å². The molecule has 1 fully saturated rings. The Kier molecular flexibility index (Phi) is 7.36. The second-order valence-electron chi connectivity index (χ2n) is 7.68. The Hall–Kier alpha value is -2.12. The highest BCUT2D eigenvalue weighted by Crippen LogP contribution is 2.33. The first-order valence-corrected chi connectivity index (χ1v) is 11.1. The number of Topliss-reactive ketones (excluding diaryl/α,β-unsaturated/α-hetero) is 1. The van der Waals surface area contributed by atoms with Crippen LogP contribution in [0.3, 0.4) is 0 Å². The van der Waals surface area contributed by atoms with Crippen molar-refractivity contribution in [2.75, 3.05) is 13.1 Å². The van der Waals surface area contributed by atoms with Crippen molar-refractivity contribution in [3.63, 3.8) is 0 Å². The number of carboxylic acid groups (broad SMARTS) is 1. The van der Waals surface area contributed by atoms with Crippen molar-refractivity contribution in [3.8, 4) is 0 Å². The summed E-state index contributed by atoms with van der Waals surface area (Å²) in [6.45, 7) is 0.848. The largest absolute Gasteiger partial charge is 0.481 e. The van der Waals surface area contributed by atoms with E-state index in [2.05, 4.69) is 28.6 Å². The molecule has 1 amide bonds. The number of hydrogen-bond acceptors (Lipinski definition) is 4. The van der Waals surface area contributed by atoms with Gasteiger partial charge >= 0.3 is 5.97 Å². The number of amides is 1. The van der Waals surface area contributed by atoms with Crippen LogP contribution in [0.1, 0.15) is 35.2 Å². The van der Waals surface area contributed by atoms with Gasteiger partial charge in [-0.25, -0.2) is 0 Å². The van der Waals surface area contributed by atoms with Gasteiger partial charge in [-0.2, -0.15) is 12.6 Å². The smallest absolute Gasteiger partial charge is 0.307 e. The summed E-state index contributed by atoms with van der Waals surface area (Å²) in [5.74, 6) is -2.01. The van der Waals surface area contributed by atoms with Gasteiger partial charge < -0.3 is 10.0 Å². The standard InChI is InChI=1S/C23H24BrNO4S/c24-19-8-6-16(7-9-19)14-18(22(28)29)15-20(26)23(30)10-12-25(13-11-23)21(27)17-4-2-1-3-5-17/h1-9,18,30H,10-15H2,(H,28,29). The van der Waals surface area contributed by atoms with Gasteiger partial charge in [0, 0.05) is 29.5 Å². The molecule has 1 saturated heterocycles. The fourth-order valence-corrected chi connectivity index (χ4v) is 4.24. The molecule has 7 heteroatoms. The van der Waals surface area contributed by atoms with Gasteiger partial charge in [0.05, 0.1) is 10.7 Å². The Morgan fingerprint density at radius 3 is 2.20 bits per heavy atom. The third-order valence-corrected chi connectivity index (χ3v) is 6.82. The zero-order chi connectivity index (χ0) is 21.7. The van der Waals surface area contributed by atoms with Gasteiger partial charge in [0.2, 0.25) is 0 Å². The van der Waals surface area contributed by atoms with Crippen molar-refractivity contribution in [1.82, 2.24) is 4.90 Å². The predicted octanol–water partition coefficient (Wildman–Crippen LogP) is 4.26. The van der Waals surface area contributed by atoms with E-state index in [0.29, 0.717) is 31.5 Å². The van der Waals surface area contributed by atoms with E-state index in [4.69, 9.17) is 0 Å². The number of aliphatic carboxylic acids is 1. The Bertz CT molecular complexity index is 909. The van der Waals surface area contributed by atoms with E-state index in [-0.39, 0.29) is 24.5 Å². The van der Waals surface area contributed by atoms with Gasteiger partial charge in [-0.3, -0.25) is 14.4 Å². The van der Waals surface area contributed by atoms with Crippen LogP contribution >= 0.6 is 28.6 Å². The molecule has 2 aromatic rings. The summed E-state index contributed by atoms with van der Waals surface area (Å²) in [6, 6.07) is 16.5. The molecule has 1 atom stereocenters. The number of thiol groups is 1. The predicted molar refractivity (Wildman–Crippen MR) is 122 cm³/mol. The van der Waals surface area contributed by atoms with Crippen molar-refractivity contribution in [2.45, 2.75) is 30.4 Å². The number of carbonyl (C=O) groups excluding carboxylic acids is 2. The van der Waals surface area contributed by atoms with Crippen LogP contribution in [0.4, 0.5) is 0 Å². The highest BCUT2D eigenvalue weighted by Gasteiger charge is 2.40. The molecule has 1 aliphatic rings. The van der Waals surface area contributed by atoms with Crippen LogP contribution in [0.2, 0.25) is 0 Å². The van der Waals surface area contributed by atoms with Crippen LogP contribution in [0.15, 0.2) is 59.1 Å². The molecule has 0 aliphatic carbocycles. The van der Waals surface area contributed by atoms with Gasteiger partial charge in [-0.1, -0.05) is 46.3 Å². The van der Waals surface area contributed by atoms with Crippen molar-refractivity contribution >= 4 is 46.2 Å². The second kappa shape index (κ2) is 9.79. The summed E-state index contributed by atoms with van der Waals surface area (Å²) < 4.78 is 0.0151. The molecular weight excluding hydrogens is 466 g/mol. The number of likely N-dealkylation sites (tertiary alicyclic amines) is 1. The number of hydrogen-bond donors (Lipinski definition) is 2. The Labute approximate surface area is 190 Å². The van der Waals surface area contributed by atoms with Gasteiger partial charge in [-0.05, 0) is 49.1 Å². The van der Waals surface area contributed by atoms with Crippen LogP contribution in [0.5, 0.6) is 0 Å². The average Bonchev–Trinajstić information content (AvgIpc) is 2.75. The molecule has 3 rings (SSSR count). The summed E-state index contributed by atoms with van der Waals surface area (Å²) in [4.78, 5) is 39.1. The number of piperidine rings is 1. The van der Waals surface area contributed by atoms with Crippen molar-refractivity contribution < 1.29 is 19.5 Å². The molecule has 1 heterocycles. The fourth-order valence-electron chi connectivity index (χ4n) is 3.69. The Morgan fingerprint density at radius 1 is 1.03 bits per heavy atom. The number of ketones is 1. The average molecular weight is 490 g/mol. The van der Waals surface area contributed by atoms with Crippen LogP contribution < -0.4 is 0 Å². The second-order valence-corrected chi connectivity index (χ2v) is 9.45. The molecule has 1 unspecified atom stereocenters. The van der Waals surface area contributed by atoms with Crippen molar-refractivity contribution in [1.29, 1.82) is 0 Å². The molecular formula is C23H24BrNO4S. The number of carbonyl (C=O) groups is 3. The lowest BCUT2D eigenvalue weighted by Crippen LogP contribution is -2.48. The van der Waals surface area contributed by atoms with E-state index in [1.54, 1.807) is 17.0 Å². The Balaban J connectivity index is 1.60. The molecule has 0 bridgehead atoms. The normalized spacial score (nSPS) is 16.7. The highest BCUT2D eigenvalue weighted by atomic mass is 79.9. The van der Waals surface area contributed by atoms with E-state index in [9.17, 15) is 19.5 Å². The van der Waals surface area contributed by atoms with Crippen LogP contribution in [0, 0.1) is 5.92 Å². The first-order chi connectivity index (χ1) is 14.3. The number of rotatable bonds is 7. The molecule has 0 saturated carbocycles. The van der Waals surface area contributed by atoms with E-state index >= 15 is 0 Å². The molecule has 0 radical (unpaired) electrons. The SMILES string of the molecule is O=C(O)C(CC(=O)C1(S)CCN(C(=O)c2ccccc2)CC1)Cc1ccc(Br)cc1. The van der Waals surface area contributed by atoms with Crippen LogP contribution in [-0.4, -0.2) is 45.5 Å². The van der Waals surface area contributed by atoms with Gasteiger partial charge in [-0.15, -0.1) is 0 Å². The van der Waals surface area contributed by atoms with Crippen molar-refractivity contribution in [2.24, 2.45) is 5.92 Å². The van der Waals surface area contributed by atoms with E-state index < -0.39 is 16.6 Å². The summed E-state index contributed by atoms with van der Waals surface area (Å²) in [5, 5.41) is 9.62. The zero-order valence-corrected chi connectivity index (χ0v) is 18.9. The maximum atomic E-state index is 13.0. The minimum atomic E-state index is -0.986. The Morgan fingerprint density at radius 2 is 1.63 bits per heavy atom. The number of nitrogens with zero attached hydrogens (tertiary/aromatic N) is 1. The molecule has 0 aromatic heterocycles. The molecule has 0 spiro atoms. The van der Waals surface area contributed by atoms with E-state index in [1.807, 2.05) is 42.5 Å². The summed E-state index contributed by atoms with van der Waals surface area (Å²) in [7, 11) is 0. The maximum Gasteiger partial charge on any atom is 0.307 e. The lowest BCUT2D eigenvalue weighted by atomic mass is 9.84. The maximum absolute atomic E-state index is 13.0. The fraction of sp³-hybridized carbons (Fsp3) is 0.348. The number of benzene rings is 2. The summed E-state index contributed by atoms with van der Waals surface area (Å²) in [6.07, 6.45) is 1.05.